The highest BCUT2D eigenvalue weighted by atomic mass is 16.3. The number of hydrogen-bond acceptors (Lipinski definition) is 4. The summed E-state index contributed by atoms with van der Waals surface area (Å²) in [5.41, 5.74) is 1.50. The molecular formula is C15H21N5O2. The first-order valence-electron chi connectivity index (χ1n) is 7.25. The number of rotatable bonds is 6. The highest BCUT2D eigenvalue weighted by Crippen LogP contribution is 2.12. The van der Waals surface area contributed by atoms with Gasteiger partial charge in [-0.05, 0) is 36.6 Å². The Kier molecular flexibility index (Phi) is 5.48. The molecule has 0 fully saturated rings. The molecule has 7 heteroatoms. The Morgan fingerprint density at radius 3 is 2.41 bits per heavy atom. The number of aromatic nitrogens is 3. The lowest BCUT2D eigenvalue weighted by molar-refractivity contribution is 0.227. The van der Waals surface area contributed by atoms with Gasteiger partial charge in [-0.1, -0.05) is 13.8 Å². The second kappa shape index (κ2) is 7.56. The first-order chi connectivity index (χ1) is 10.6. The molecule has 1 heterocycles. The number of benzene rings is 1. The lowest BCUT2D eigenvalue weighted by Gasteiger charge is -2.21. The van der Waals surface area contributed by atoms with Crippen LogP contribution < -0.4 is 10.6 Å². The van der Waals surface area contributed by atoms with E-state index in [0.717, 1.165) is 5.69 Å². The molecular weight excluding hydrogens is 282 g/mol. The molecule has 2 rings (SSSR count). The SMILES string of the molecule is CC(C)C(CCO)NC(=O)Nc1ccc(-n2nccn2)cc1. The minimum atomic E-state index is -0.280. The van der Waals surface area contributed by atoms with Gasteiger partial charge in [0, 0.05) is 18.3 Å². The minimum absolute atomic E-state index is 0.0503. The van der Waals surface area contributed by atoms with E-state index in [1.165, 1.54) is 4.80 Å². The molecule has 2 amide bonds. The zero-order valence-electron chi connectivity index (χ0n) is 12.7. The number of urea groups is 1. The van der Waals surface area contributed by atoms with Crippen LogP contribution in [0.1, 0.15) is 20.3 Å². The number of aliphatic hydroxyl groups excluding tert-OH is 1. The van der Waals surface area contributed by atoms with E-state index < -0.39 is 0 Å². The quantitative estimate of drug-likeness (QED) is 0.758. The van der Waals surface area contributed by atoms with Crippen LogP contribution in [0.25, 0.3) is 5.69 Å². The van der Waals surface area contributed by atoms with E-state index >= 15 is 0 Å². The molecule has 2 aromatic rings. The van der Waals surface area contributed by atoms with Crippen LogP contribution in [-0.2, 0) is 0 Å². The summed E-state index contributed by atoms with van der Waals surface area (Å²) in [7, 11) is 0. The van der Waals surface area contributed by atoms with E-state index in [1.807, 2.05) is 26.0 Å². The maximum absolute atomic E-state index is 12.0. The first-order valence-corrected chi connectivity index (χ1v) is 7.25. The molecule has 0 saturated carbocycles. The van der Waals surface area contributed by atoms with Gasteiger partial charge in [0.15, 0.2) is 0 Å². The van der Waals surface area contributed by atoms with Gasteiger partial charge >= 0.3 is 6.03 Å². The number of amides is 2. The zero-order chi connectivity index (χ0) is 15.9. The van der Waals surface area contributed by atoms with Crippen LogP contribution in [0.4, 0.5) is 10.5 Å². The van der Waals surface area contributed by atoms with Crippen molar-refractivity contribution < 1.29 is 9.90 Å². The van der Waals surface area contributed by atoms with E-state index in [1.54, 1.807) is 24.5 Å². The van der Waals surface area contributed by atoms with Gasteiger partial charge in [-0.25, -0.2) is 4.79 Å². The normalized spacial score (nSPS) is 12.2. The molecule has 7 nitrogen and oxygen atoms in total. The van der Waals surface area contributed by atoms with E-state index in [9.17, 15) is 4.79 Å². The van der Waals surface area contributed by atoms with Gasteiger partial charge in [0.1, 0.15) is 0 Å². The summed E-state index contributed by atoms with van der Waals surface area (Å²) in [6.45, 7) is 4.06. The van der Waals surface area contributed by atoms with Crippen molar-refractivity contribution in [2.24, 2.45) is 5.92 Å². The number of anilines is 1. The predicted molar refractivity (Wildman–Crippen MR) is 83.8 cm³/mol. The molecule has 22 heavy (non-hydrogen) atoms. The van der Waals surface area contributed by atoms with Gasteiger partial charge in [0.25, 0.3) is 0 Å². The number of nitrogens with one attached hydrogen (secondary N) is 2. The molecule has 1 unspecified atom stereocenters. The molecule has 0 aliphatic heterocycles. The Balaban J connectivity index is 1.94. The fraction of sp³-hybridized carbons (Fsp3) is 0.400. The Morgan fingerprint density at radius 1 is 1.23 bits per heavy atom. The highest BCUT2D eigenvalue weighted by Gasteiger charge is 2.15. The standard InChI is InChI=1S/C15H21N5O2/c1-11(2)14(7-10-21)19-15(22)18-12-3-5-13(6-4-12)20-16-8-9-17-20/h3-6,8-9,11,14,21H,7,10H2,1-2H3,(H2,18,19,22). The van der Waals surface area contributed by atoms with E-state index in [-0.39, 0.29) is 24.6 Å². The Morgan fingerprint density at radius 2 is 1.86 bits per heavy atom. The number of hydrogen-bond donors (Lipinski definition) is 3. The predicted octanol–water partition coefficient (Wildman–Crippen LogP) is 1.80. The van der Waals surface area contributed by atoms with Crippen LogP contribution in [0.2, 0.25) is 0 Å². The average molecular weight is 303 g/mol. The summed E-state index contributed by atoms with van der Waals surface area (Å²) in [6, 6.07) is 6.88. The van der Waals surface area contributed by atoms with Crippen LogP contribution in [-0.4, -0.2) is 38.8 Å². The molecule has 118 valence electrons. The van der Waals surface area contributed by atoms with E-state index in [4.69, 9.17) is 5.11 Å². The van der Waals surface area contributed by atoms with Crippen LogP contribution in [0.15, 0.2) is 36.7 Å². The number of carbonyl (C=O) groups is 1. The molecule has 0 saturated heterocycles. The summed E-state index contributed by atoms with van der Waals surface area (Å²) < 4.78 is 0. The van der Waals surface area contributed by atoms with Crippen LogP contribution in [0.3, 0.4) is 0 Å². The summed E-state index contributed by atoms with van der Waals surface area (Å²) >= 11 is 0. The summed E-state index contributed by atoms with van der Waals surface area (Å²) in [5.74, 6) is 0.256. The summed E-state index contributed by atoms with van der Waals surface area (Å²) in [5, 5.41) is 22.7. The van der Waals surface area contributed by atoms with Crippen molar-refractivity contribution >= 4 is 11.7 Å². The number of nitrogens with zero attached hydrogens (tertiary/aromatic N) is 3. The monoisotopic (exact) mass is 303 g/mol. The maximum atomic E-state index is 12.0. The first kappa shape index (κ1) is 16.0. The van der Waals surface area contributed by atoms with Crippen molar-refractivity contribution in [2.45, 2.75) is 26.3 Å². The molecule has 1 aromatic carbocycles. The molecule has 0 radical (unpaired) electrons. The van der Waals surface area contributed by atoms with Crippen LogP contribution >= 0.6 is 0 Å². The van der Waals surface area contributed by atoms with Crippen molar-refractivity contribution in [1.29, 1.82) is 0 Å². The third kappa shape index (κ3) is 4.29. The molecule has 1 aromatic heterocycles. The van der Waals surface area contributed by atoms with Crippen molar-refractivity contribution in [1.82, 2.24) is 20.3 Å². The lowest BCUT2D eigenvalue weighted by Crippen LogP contribution is -2.41. The van der Waals surface area contributed by atoms with Crippen molar-refractivity contribution in [2.75, 3.05) is 11.9 Å². The fourth-order valence-corrected chi connectivity index (χ4v) is 2.07. The summed E-state index contributed by atoms with van der Waals surface area (Å²) in [6.07, 6.45) is 3.74. The zero-order valence-corrected chi connectivity index (χ0v) is 12.7. The third-order valence-electron chi connectivity index (χ3n) is 3.34. The number of aliphatic hydroxyl groups is 1. The van der Waals surface area contributed by atoms with Crippen LogP contribution in [0, 0.1) is 5.92 Å². The van der Waals surface area contributed by atoms with Gasteiger partial charge in [0.05, 0.1) is 18.1 Å². The van der Waals surface area contributed by atoms with Crippen LogP contribution in [0.5, 0.6) is 0 Å². The molecule has 1 atom stereocenters. The molecule has 3 N–H and O–H groups in total. The molecule has 0 spiro atoms. The molecule has 0 aliphatic rings. The van der Waals surface area contributed by atoms with Gasteiger partial charge in [-0.2, -0.15) is 15.0 Å². The Bertz CT molecular complexity index is 580. The largest absolute Gasteiger partial charge is 0.396 e. The maximum Gasteiger partial charge on any atom is 0.319 e. The highest BCUT2D eigenvalue weighted by molar-refractivity contribution is 5.89. The van der Waals surface area contributed by atoms with Gasteiger partial charge < -0.3 is 15.7 Å². The van der Waals surface area contributed by atoms with E-state index in [2.05, 4.69) is 20.8 Å². The van der Waals surface area contributed by atoms with Crippen molar-refractivity contribution in [3.63, 3.8) is 0 Å². The van der Waals surface area contributed by atoms with Gasteiger partial charge in [-0.3, -0.25) is 0 Å². The van der Waals surface area contributed by atoms with E-state index in [0.29, 0.717) is 12.1 Å². The minimum Gasteiger partial charge on any atom is -0.396 e. The fourth-order valence-electron chi connectivity index (χ4n) is 2.07. The number of carbonyl (C=O) groups excluding carboxylic acids is 1. The van der Waals surface area contributed by atoms with Crippen molar-refractivity contribution in [3.05, 3.63) is 36.7 Å². The second-order valence-electron chi connectivity index (χ2n) is 5.33. The second-order valence-corrected chi connectivity index (χ2v) is 5.33. The van der Waals surface area contributed by atoms with Crippen molar-refractivity contribution in [3.8, 4) is 5.69 Å². The topological polar surface area (TPSA) is 92.1 Å². The Labute approximate surface area is 129 Å². The smallest absolute Gasteiger partial charge is 0.319 e. The summed E-state index contributed by atoms with van der Waals surface area (Å²) in [4.78, 5) is 13.5. The van der Waals surface area contributed by atoms with Gasteiger partial charge in [0.2, 0.25) is 0 Å². The molecule has 0 aliphatic carbocycles. The Hall–Kier alpha value is -2.41. The van der Waals surface area contributed by atoms with Gasteiger partial charge in [-0.15, -0.1) is 0 Å². The average Bonchev–Trinajstić information content (AvgIpc) is 3.01. The molecule has 0 bridgehead atoms. The third-order valence-corrected chi connectivity index (χ3v) is 3.34. The lowest BCUT2D eigenvalue weighted by atomic mass is 10.0.